The summed E-state index contributed by atoms with van der Waals surface area (Å²) < 4.78 is 0. The van der Waals surface area contributed by atoms with Gasteiger partial charge in [0.2, 0.25) is 0 Å². The minimum atomic E-state index is -0.142. The highest BCUT2D eigenvalue weighted by Gasteiger charge is 2.09. The number of aromatic amines is 1. The fourth-order valence-corrected chi connectivity index (χ4v) is 2.05. The Bertz CT molecular complexity index is 749. The second-order valence-electron chi connectivity index (χ2n) is 4.57. The molecule has 0 radical (unpaired) electrons. The average Bonchev–Trinajstić information content (AvgIpc) is 2.89. The lowest BCUT2D eigenvalue weighted by atomic mass is 10.2. The predicted octanol–water partition coefficient (Wildman–Crippen LogP) is 2.08. The molecule has 3 aromatic rings. The maximum atomic E-state index is 12.1. The summed E-state index contributed by atoms with van der Waals surface area (Å²) in [7, 11) is 0. The molecule has 0 fully saturated rings. The number of anilines is 1. The standard InChI is InChI=1S/C15H14N4O/c16-12-1-2-13-11(7-12)8-14(19-13)15(20)18-9-10-3-5-17-6-4-10/h1-8,19H,9,16H2,(H,18,20). The van der Waals surface area contributed by atoms with Gasteiger partial charge in [0.25, 0.3) is 5.91 Å². The first-order valence-electron chi connectivity index (χ1n) is 6.28. The molecule has 3 rings (SSSR count). The summed E-state index contributed by atoms with van der Waals surface area (Å²) in [4.78, 5) is 19.1. The number of hydrogen-bond acceptors (Lipinski definition) is 3. The number of fused-ring (bicyclic) bond motifs is 1. The lowest BCUT2D eigenvalue weighted by Gasteiger charge is -2.03. The summed E-state index contributed by atoms with van der Waals surface area (Å²) >= 11 is 0. The van der Waals surface area contributed by atoms with Gasteiger partial charge in [-0.15, -0.1) is 0 Å². The number of carbonyl (C=O) groups excluding carboxylic acids is 1. The normalized spacial score (nSPS) is 10.6. The first kappa shape index (κ1) is 12.2. The number of nitrogens with one attached hydrogen (secondary N) is 2. The maximum Gasteiger partial charge on any atom is 0.267 e. The van der Waals surface area contributed by atoms with Gasteiger partial charge < -0.3 is 16.0 Å². The summed E-state index contributed by atoms with van der Waals surface area (Å²) in [6.07, 6.45) is 3.40. The largest absolute Gasteiger partial charge is 0.399 e. The first-order valence-corrected chi connectivity index (χ1v) is 6.28. The van der Waals surface area contributed by atoms with Crippen LogP contribution in [0.3, 0.4) is 0 Å². The number of hydrogen-bond donors (Lipinski definition) is 3. The summed E-state index contributed by atoms with van der Waals surface area (Å²) in [5.74, 6) is -0.142. The fraction of sp³-hybridized carbons (Fsp3) is 0.0667. The SMILES string of the molecule is Nc1ccc2[nH]c(C(=O)NCc3ccncc3)cc2c1. The number of rotatable bonds is 3. The number of amides is 1. The first-order chi connectivity index (χ1) is 9.72. The van der Waals surface area contributed by atoms with Gasteiger partial charge in [-0.1, -0.05) is 0 Å². The number of benzene rings is 1. The van der Waals surface area contributed by atoms with Crippen molar-refractivity contribution < 1.29 is 4.79 Å². The van der Waals surface area contributed by atoms with Crippen molar-refractivity contribution in [1.29, 1.82) is 0 Å². The van der Waals surface area contributed by atoms with E-state index in [0.29, 0.717) is 17.9 Å². The highest BCUT2D eigenvalue weighted by molar-refractivity contribution is 5.98. The van der Waals surface area contributed by atoms with Crippen LogP contribution in [-0.2, 0) is 6.54 Å². The Morgan fingerprint density at radius 2 is 2.00 bits per heavy atom. The van der Waals surface area contributed by atoms with E-state index in [2.05, 4.69) is 15.3 Å². The molecular weight excluding hydrogens is 252 g/mol. The molecule has 0 atom stereocenters. The second-order valence-corrected chi connectivity index (χ2v) is 4.57. The predicted molar refractivity (Wildman–Crippen MR) is 78.1 cm³/mol. The van der Waals surface area contributed by atoms with Gasteiger partial charge in [0.15, 0.2) is 0 Å². The third-order valence-electron chi connectivity index (χ3n) is 3.09. The van der Waals surface area contributed by atoms with Crippen LogP contribution < -0.4 is 11.1 Å². The van der Waals surface area contributed by atoms with E-state index in [4.69, 9.17) is 5.73 Å². The van der Waals surface area contributed by atoms with Crippen LogP contribution in [0.25, 0.3) is 10.9 Å². The van der Waals surface area contributed by atoms with Gasteiger partial charge in [0.1, 0.15) is 5.69 Å². The van der Waals surface area contributed by atoms with Crippen molar-refractivity contribution in [3.8, 4) is 0 Å². The molecule has 1 amide bonds. The lowest BCUT2D eigenvalue weighted by molar-refractivity contribution is 0.0947. The number of H-pyrrole nitrogens is 1. The molecule has 0 saturated heterocycles. The van der Waals surface area contributed by atoms with Crippen LogP contribution in [0.4, 0.5) is 5.69 Å². The minimum Gasteiger partial charge on any atom is -0.399 e. The Morgan fingerprint density at radius 3 is 2.80 bits per heavy atom. The monoisotopic (exact) mass is 266 g/mol. The fourth-order valence-electron chi connectivity index (χ4n) is 2.05. The average molecular weight is 266 g/mol. The second kappa shape index (κ2) is 5.05. The van der Waals surface area contributed by atoms with E-state index in [1.165, 1.54) is 0 Å². The van der Waals surface area contributed by atoms with Gasteiger partial charge in [-0.3, -0.25) is 9.78 Å². The van der Waals surface area contributed by atoms with Gasteiger partial charge >= 0.3 is 0 Å². The van der Waals surface area contributed by atoms with Crippen LogP contribution in [0, 0.1) is 0 Å². The Balaban J connectivity index is 1.75. The lowest BCUT2D eigenvalue weighted by Crippen LogP contribution is -2.23. The number of aromatic nitrogens is 2. The summed E-state index contributed by atoms with van der Waals surface area (Å²) in [6.45, 7) is 0.471. The zero-order chi connectivity index (χ0) is 13.9. The van der Waals surface area contributed by atoms with Gasteiger partial charge in [0.05, 0.1) is 0 Å². The molecule has 4 N–H and O–H groups in total. The highest BCUT2D eigenvalue weighted by Crippen LogP contribution is 2.18. The van der Waals surface area contributed by atoms with Crippen LogP contribution in [0.2, 0.25) is 0 Å². The number of nitrogens with two attached hydrogens (primary N) is 1. The van der Waals surface area contributed by atoms with Gasteiger partial charge in [-0.2, -0.15) is 0 Å². The molecule has 1 aromatic carbocycles. The molecule has 2 heterocycles. The summed E-state index contributed by atoms with van der Waals surface area (Å²) in [5.41, 5.74) is 8.84. The zero-order valence-corrected chi connectivity index (χ0v) is 10.8. The molecular formula is C15H14N4O. The molecule has 2 aromatic heterocycles. The van der Waals surface area contributed by atoms with E-state index in [1.807, 2.05) is 24.3 Å². The highest BCUT2D eigenvalue weighted by atomic mass is 16.1. The van der Waals surface area contributed by atoms with Crippen LogP contribution in [0.5, 0.6) is 0 Å². The van der Waals surface area contributed by atoms with Crippen LogP contribution in [0.15, 0.2) is 48.8 Å². The molecule has 100 valence electrons. The van der Waals surface area contributed by atoms with E-state index in [9.17, 15) is 4.79 Å². The van der Waals surface area contributed by atoms with E-state index < -0.39 is 0 Å². The summed E-state index contributed by atoms with van der Waals surface area (Å²) in [5, 5.41) is 3.79. The van der Waals surface area contributed by atoms with Gasteiger partial charge in [0, 0.05) is 35.5 Å². The van der Waals surface area contributed by atoms with Crippen molar-refractivity contribution >= 4 is 22.5 Å². The number of nitrogens with zero attached hydrogens (tertiary/aromatic N) is 1. The number of carbonyl (C=O) groups is 1. The Kier molecular flexibility index (Phi) is 3.09. The van der Waals surface area contributed by atoms with Crippen molar-refractivity contribution in [1.82, 2.24) is 15.3 Å². The molecule has 0 aliphatic rings. The minimum absolute atomic E-state index is 0.142. The van der Waals surface area contributed by atoms with E-state index in [-0.39, 0.29) is 5.91 Å². The van der Waals surface area contributed by atoms with E-state index in [1.54, 1.807) is 24.5 Å². The van der Waals surface area contributed by atoms with Crippen molar-refractivity contribution in [2.45, 2.75) is 6.54 Å². The number of pyridine rings is 1. The molecule has 0 aliphatic heterocycles. The molecule has 20 heavy (non-hydrogen) atoms. The molecule has 0 spiro atoms. The van der Waals surface area contributed by atoms with Gasteiger partial charge in [-0.05, 0) is 42.0 Å². The quantitative estimate of drug-likeness (QED) is 0.634. The Hall–Kier alpha value is -2.82. The number of nitrogen functional groups attached to an aromatic ring is 1. The molecule has 5 heteroatoms. The third kappa shape index (κ3) is 2.47. The van der Waals surface area contributed by atoms with Crippen LogP contribution >= 0.6 is 0 Å². The van der Waals surface area contributed by atoms with Crippen molar-refractivity contribution in [3.05, 3.63) is 60.0 Å². The molecule has 5 nitrogen and oxygen atoms in total. The molecule has 0 unspecified atom stereocenters. The van der Waals surface area contributed by atoms with E-state index >= 15 is 0 Å². The maximum absolute atomic E-state index is 12.1. The molecule has 0 aliphatic carbocycles. The molecule has 0 saturated carbocycles. The smallest absolute Gasteiger partial charge is 0.267 e. The van der Waals surface area contributed by atoms with Crippen molar-refractivity contribution in [3.63, 3.8) is 0 Å². The van der Waals surface area contributed by atoms with E-state index in [0.717, 1.165) is 16.5 Å². The summed E-state index contributed by atoms with van der Waals surface area (Å²) in [6, 6.07) is 11.0. The topological polar surface area (TPSA) is 83.8 Å². The zero-order valence-electron chi connectivity index (χ0n) is 10.8. The van der Waals surface area contributed by atoms with Crippen LogP contribution in [0.1, 0.15) is 16.1 Å². The Labute approximate surface area is 115 Å². The Morgan fingerprint density at radius 1 is 1.20 bits per heavy atom. The van der Waals surface area contributed by atoms with Crippen LogP contribution in [-0.4, -0.2) is 15.9 Å². The molecule has 0 bridgehead atoms. The van der Waals surface area contributed by atoms with Crippen molar-refractivity contribution in [2.75, 3.05) is 5.73 Å². The van der Waals surface area contributed by atoms with Gasteiger partial charge in [-0.25, -0.2) is 0 Å². The third-order valence-corrected chi connectivity index (χ3v) is 3.09. The van der Waals surface area contributed by atoms with Crippen molar-refractivity contribution in [2.24, 2.45) is 0 Å².